The molecule has 31 heavy (non-hydrogen) atoms. The number of anilines is 1. The number of amides is 1. The third kappa shape index (κ3) is 4.34. The van der Waals surface area contributed by atoms with E-state index in [1.807, 2.05) is 19.2 Å². The first kappa shape index (κ1) is 21.8. The van der Waals surface area contributed by atoms with Gasteiger partial charge in [-0.15, -0.1) is 21.5 Å². The van der Waals surface area contributed by atoms with Gasteiger partial charge in [0.2, 0.25) is 5.91 Å². The Bertz CT molecular complexity index is 1240. The maximum Gasteiger partial charge on any atom is 0.280 e. The number of aryl methyl sites for hydroxylation is 1. The molecule has 164 valence electrons. The summed E-state index contributed by atoms with van der Waals surface area (Å²) in [5, 5.41) is 10.4. The zero-order valence-electron chi connectivity index (χ0n) is 16.4. The quantitative estimate of drug-likeness (QED) is 0.591. The van der Waals surface area contributed by atoms with Gasteiger partial charge >= 0.3 is 0 Å². The molecule has 1 saturated heterocycles. The molecule has 0 aliphatic carbocycles. The second-order valence-corrected chi connectivity index (χ2v) is 10.3. The summed E-state index contributed by atoms with van der Waals surface area (Å²) in [6, 6.07) is 5.84. The molecular formula is C18H18ClFN6O3S2. The number of hydrogen-bond donors (Lipinski definition) is 2. The van der Waals surface area contributed by atoms with E-state index in [2.05, 4.69) is 20.2 Å². The second kappa shape index (κ2) is 8.28. The summed E-state index contributed by atoms with van der Waals surface area (Å²) < 4.78 is 44.1. The first-order valence-electron chi connectivity index (χ1n) is 9.11. The van der Waals surface area contributed by atoms with Crippen LogP contribution in [0.2, 0.25) is 5.02 Å². The van der Waals surface area contributed by atoms with Crippen molar-refractivity contribution in [1.82, 2.24) is 23.8 Å². The topological polar surface area (TPSA) is 109 Å². The molecule has 3 heterocycles. The van der Waals surface area contributed by atoms with Gasteiger partial charge in [-0.3, -0.25) is 4.79 Å². The fraction of sp³-hybridized carbons (Fsp3) is 0.278. The zero-order chi connectivity index (χ0) is 22.3. The number of nitrogens with one attached hydrogen (secondary N) is 2. The number of thiophene rings is 1. The highest BCUT2D eigenvalue weighted by atomic mass is 35.5. The van der Waals surface area contributed by atoms with E-state index in [-0.39, 0.29) is 17.1 Å². The predicted octanol–water partition coefficient (Wildman–Crippen LogP) is 2.55. The third-order valence-corrected chi connectivity index (χ3v) is 8.04. The third-order valence-electron chi connectivity index (χ3n) is 4.96. The van der Waals surface area contributed by atoms with Crippen LogP contribution in [0.4, 0.5) is 10.1 Å². The Morgan fingerprint density at radius 3 is 2.77 bits per heavy atom. The number of benzene rings is 1. The van der Waals surface area contributed by atoms with Crippen molar-refractivity contribution in [2.24, 2.45) is 7.05 Å². The van der Waals surface area contributed by atoms with Gasteiger partial charge in [0.15, 0.2) is 5.82 Å². The van der Waals surface area contributed by atoms with Crippen LogP contribution in [0.1, 0.15) is 17.3 Å². The molecule has 4 rings (SSSR count). The first-order chi connectivity index (χ1) is 14.7. The Kier molecular flexibility index (Phi) is 5.83. The first-order valence-corrected chi connectivity index (χ1v) is 11.7. The van der Waals surface area contributed by atoms with E-state index in [4.69, 9.17) is 11.6 Å². The van der Waals surface area contributed by atoms with E-state index in [1.54, 1.807) is 10.9 Å². The van der Waals surface area contributed by atoms with Crippen LogP contribution in [0.5, 0.6) is 0 Å². The van der Waals surface area contributed by atoms with Gasteiger partial charge in [-0.25, -0.2) is 4.39 Å². The summed E-state index contributed by atoms with van der Waals surface area (Å²) >= 11 is 7.14. The van der Waals surface area contributed by atoms with Crippen LogP contribution in [0.25, 0.3) is 10.7 Å². The van der Waals surface area contributed by atoms with Crippen molar-refractivity contribution in [2.75, 3.05) is 12.4 Å². The van der Waals surface area contributed by atoms with E-state index >= 15 is 0 Å². The molecule has 1 aliphatic heterocycles. The van der Waals surface area contributed by atoms with Crippen molar-refractivity contribution in [2.45, 2.75) is 18.5 Å². The highest BCUT2D eigenvalue weighted by molar-refractivity contribution is 7.87. The van der Waals surface area contributed by atoms with Crippen molar-refractivity contribution in [3.63, 3.8) is 0 Å². The average Bonchev–Trinajstić information content (AvgIpc) is 3.35. The summed E-state index contributed by atoms with van der Waals surface area (Å²) in [5.74, 6) is -0.488. The molecule has 0 bridgehead atoms. The molecule has 2 atom stereocenters. The summed E-state index contributed by atoms with van der Waals surface area (Å²) in [6.07, 6.45) is 1.78. The maximum absolute atomic E-state index is 13.4. The minimum absolute atomic E-state index is 0.142. The Labute approximate surface area is 187 Å². The van der Waals surface area contributed by atoms with E-state index in [1.165, 1.54) is 30.5 Å². The molecule has 1 aromatic carbocycles. The van der Waals surface area contributed by atoms with Crippen LogP contribution in [-0.2, 0) is 22.1 Å². The van der Waals surface area contributed by atoms with Crippen molar-refractivity contribution < 1.29 is 17.6 Å². The Morgan fingerprint density at radius 2 is 2.10 bits per heavy atom. The summed E-state index contributed by atoms with van der Waals surface area (Å²) in [7, 11) is -0.755. The SMILES string of the molecule is CN1[C@@H](C(=O)Nc2ccc(F)c(Cl)c2)C[C@@H](c2ccc(-c3nncn3C)s2)NS1(=O)=O. The monoisotopic (exact) mass is 484 g/mol. The molecule has 2 aromatic heterocycles. The van der Waals surface area contributed by atoms with Crippen LogP contribution in [0.15, 0.2) is 36.7 Å². The summed E-state index contributed by atoms with van der Waals surface area (Å²) in [4.78, 5) is 14.5. The molecule has 9 nitrogen and oxygen atoms in total. The highest BCUT2D eigenvalue weighted by Gasteiger charge is 2.41. The normalized spacial score (nSPS) is 21.2. The number of carbonyl (C=O) groups is 1. The number of carbonyl (C=O) groups excluding carboxylic acids is 1. The van der Waals surface area contributed by atoms with Crippen LogP contribution in [-0.4, -0.2) is 46.5 Å². The average molecular weight is 485 g/mol. The standard InChI is InChI=1S/C18H18ClFN6O3S2/c1-25-9-21-23-17(25)16-6-5-15(30-16)13-8-14(26(2)31(28,29)24-13)18(27)22-10-3-4-12(20)11(19)7-10/h3-7,9,13-14,24H,8H2,1-2H3,(H,22,27)/t13-,14+/m0/s1. The fourth-order valence-electron chi connectivity index (χ4n) is 3.26. The lowest BCUT2D eigenvalue weighted by atomic mass is 10.1. The number of rotatable bonds is 4. The van der Waals surface area contributed by atoms with Crippen LogP contribution in [0.3, 0.4) is 0 Å². The lowest BCUT2D eigenvalue weighted by Gasteiger charge is -2.35. The molecule has 2 N–H and O–H groups in total. The van der Waals surface area contributed by atoms with Crippen molar-refractivity contribution in [1.29, 1.82) is 0 Å². The van der Waals surface area contributed by atoms with Gasteiger partial charge in [-0.05, 0) is 36.8 Å². The van der Waals surface area contributed by atoms with E-state index in [0.29, 0.717) is 5.82 Å². The molecule has 0 radical (unpaired) electrons. The molecule has 0 unspecified atom stereocenters. The van der Waals surface area contributed by atoms with Crippen molar-refractivity contribution in [3.05, 3.63) is 52.4 Å². The van der Waals surface area contributed by atoms with Gasteiger partial charge in [-0.2, -0.15) is 17.4 Å². The van der Waals surface area contributed by atoms with Gasteiger partial charge in [-0.1, -0.05) is 11.6 Å². The maximum atomic E-state index is 13.4. The molecule has 1 fully saturated rings. The van der Waals surface area contributed by atoms with Crippen molar-refractivity contribution >= 4 is 44.7 Å². The minimum Gasteiger partial charge on any atom is -0.325 e. The summed E-state index contributed by atoms with van der Waals surface area (Å²) in [6.45, 7) is 0. The lowest BCUT2D eigenvalue weighted by molar-refractivity contribution is -0.120. The number of nitrogens with zero attached hydrogens (tertiary/aromatic N) is 4. The Morgan fingerprint density at radius 1 is 1.32 bits per heavy atom. The van der Waals surface area contributed by atoms with Gasteiger partial charge in [0, 0.05) is 24.7 Å². The van der Waals surface area contributed by atoms with Crippen LogP contribution in [0, 0.1) is 5.82 Å². The lowest BCUT2D eigenvalue weighted by Crippen LogP contribution is -2.55. The molecule has 1 amide bonds. The van der Waals surface area contributed by atoms with Gasteiger partial charge in [0.05, 0.1) is 15.9 Å². The predicted molar refractivity (Wildman–Crippen MR) is 115 cm³/mol. The van der Waals surface area contributed by atoms with Gasteiger partial charge in [0.25, 0.3) is 10.2 Å². The smallest absolute Gasteiger partial charge is 0.280 e. The number of likely N-dealkylation sites (N-methyl/N-ethyl adjacent to an activating group) is 1. The van der Waals surface area contributed by atoms with E-state index < -0.39 is 34.0 Å². The molecule has 3 aromatic rings. The zero-order valence-corrected chi connectivity index (χ0v) is 18.8. The highest BCUT2D eigenvalue weighted by Crippen LogP contribution is 2.35. The van der Waals surface area contributed by atoms with Gasteiger partial charge < -0.3 is 9.88 Å². The molecule has 0 spiro atoms. The Hall–Kier alpha value is -2.38. The van der Waals surface area contributed by atoms with Crippen molar-refractivity contribution in [3.8, 4) is 10.7 Å². The largest absolute Gasteiger partial charge is 0.325 e. The number of aromatic nitrogens is 3. The molecule has 1 aliphatic rings. The fourth-order valence-corrected chi connectivity index (χ4v) is 5.88. The Balaban J connectivity index is 1.58. The second-order valence-electron chi connectivity index (χ2n) is 7.03. The summed E-state index contributed by atoms with van der Waals surface area (Å²) in [5.41, 5.74) is 0.276. The molecular weight excluding hydrogens is 467 g/mol. The van der Waals surface area contributed by atoms with E-state index in [0.717, 1.165) is 20.1 Å². The number of halogens is 2. The van der Waals surface area contributed by atoms with Crippen LogP contribution >= 0.6 is 22.9 Å². The minimum atomic E-state index is -3.90. The van der Waals surface area contributed by atoms with Gasteiger partial charge in [0.1, 0.15) is 18.2 Å². The number of hydrogen-bond acceptors (Lipinski definition) is 6. The van der Waals surface area contributed by atoms with Crippen LogP contribution < -0.4 is 10.0 Å². The van der Waals surface area contributed by atoms with E-state index in [9.17, 15) is 17.6 Å². The molecule has 0 saturated carbocycles. The molecule has 13 heteroatoms.